The van der Waals surface area contributed by atoms with Crippen LogP contribution in [0.15, 0.2) is 34.8 Å². The Labute approximate surface area is 132 Å². The molecule has 0 aliphatic carbocycles. The van der Waals surface area contributed by atoms with Crippen molar-refractivity contribution in [3.05, 3.63) is 55.9 Å². The van der Waals surface area contributed by atoms with E-state index in [1.165, 1.54) is 15.8 Å². The molecule has 20 heavy (non-hydrogen) atoms. The molecule has 0 radical (unpaired) electrons. The highest BCUT2D eigenvalue weighted by Crippen LogP contribution is 2.22. The Morgan fingerprint density at radius 3 is 2.60 bits per heavy atom. The van der Waals surface area contributed by atoms with Crippen molar-refractivity contribution in [2.45, 2.75) is 39.3 Å². The third kappa shape index (κ3) is 4.14. The Morgan fingerprint density at radius 2 is 2.00 bits per heavy atom. The van der Waals surface area contributed by atoms with Gasteiger partial charge >= 0.3 is 0 Å². The minimum atomic E-state index is -0.168. The van der Waals surface area contributed by atoms with Crippen LogP contribution in [-0.4, -0.2) is 6.04 Å². The molecule has 0 aliphatic heterocycles. The van der Waals surface area contributed by atoms with E-state index in [1.807, 2.05) is 30.4 Å². The van der Waals surface area contributed by atoms with Gasteiger partial charge in [0.1, 0.15) is 5.82 Å². The second-order valence-electron chi connectivity index (χ2n) is 5.17. The van der Waals surface area contributed by atoms with Crippen molar-refractivity contribution in [2.75, 3.05) is 0 Å². The second kappa shape index (κ2) is 6.83. The van der Waals surface area contributed by atoms with E-state index >= 15 is 0 Å². The van der Waals surface area contributed by atoms with Gasteiger partial charge in [-0.2, -0.15) is 0 Å². The van der Waals surface area contributed by atoms with Crippen LogP contribution in [-0.2, 0) is 6.42 Å². The van der Waals surface area contributed by atoms with Crippen LogP contribution in [0.5, 0.6) is 0 Å². The highest BCUT2D eigenvalue weighted by atomic mass is 79.9. The Kier molecular flexibility index (Phi) is 5.35. The molecule has 1 N–H and O–H groups in total. The van der Waals surface area contributed by atoms with Crippen LogP contribution in [0.3, 0.4) is 0 Å². The fourth-order valence-electron chi connectivity index (χ4n) is 2.32. The lowest BCUT2D eigenvalue weighted by molar-refractivity contribution is 0.462. The third-order valence-electron chi connectivity index (χ3n) is 3.27. The summed E-state index contributed by atoms with van der Waals surface area (Å²) in [5, 5.41) is 3.47. The van der Waals surface area contributed by atoms with E-state index in [2.05, 4.69) is 47.2 Å². The van der Waals surface area contributed by atoms with Crippen molar-refractivity contribution in [3.8, 4) is 0 Å². The Hall–Kier alpha value is -0.710. The average Bonchev–Trinajstić information content (AvgIpc) is 2.74. The van der Waals surface area contributed by atoms with Crippen molar-refractivity contribution < 1.29 is 4.39 Å². The Balaban J connectivity index is 1.98. The number of hydrogen-bond acceptors (Lipinski definition) is 2. The molecule has 0 saturated carbocycles. The molecule has 2 aromatic rings. The first-order chi connectivity index (χ1) is 9.45. The smallest absolute Gasteiger partial charge is 0.129 e. The van der Waals surface area contributed by atoms with Crippen LogP contribution < -0.4 is 5.32 Å². The number of hydrogen-bond donors (Lipinski definition) is 1. The SMILES string of the molecule is Cc1ccc(CC(C)NC(C)c2ccc(Br)cc2F)s1. The van der Waals surface area contributed by atoms with Crippen LogP contribution in [0.25, 0.3) is 0 Å². The van der Waals surface area contributed by atoms with Crippen LogP contribution in [0.1, 0.15) is 35.2 Å². The molecule has 0 aliphatic rings. The second-order valence-corrected chi connectivity index (χ2v) is 7.46. The third-order valence-corrected chi connectivity index (χ3v) is 4.78. The van der Waals surface area contributed by atoms with Gasteiger partial charge in [-0.1, -0.05) is 22.0 Å². The molecule has 2 unspecified atom stereocenters. The van der Waals surface area contributed by atoms with Gasteiger partial charge in [0, 0.05) is 31.9 Å². The fraction of sp³-hybridized carbons (Fsp3) is 0.375. The van der Waals surface area contributed by atoms with Gasteiger partial charge in [-0.3, -0.25) is 0 Å². The zero-order valence-corrected chi connectivity index (χ0v) is 14.3. The molecule has 1 nitrogen and oxygen atoms in total. The van der Waals surface area contributed by atoms with Gasteiger partial charge in [0.15, 0.2) is 0 Å². The van der Waals surface area contributed by atoms with Crippen LogP contribution >= 0.6 is 27.3 Å². The molecular weight excluding hydrogens is 337 g/mol. The largest absolute Gasteiger partial charge is 0.307 e. The van der Waals surface area contributed by atoms with Gasteiger partial charge in [0.25, 0.3) is 0 Å². The number of thiophene rings is 1. The number of nitrogens with one attached hydrogen (secondary N) is 1. The summed E-state index contributed by atoms with van der Waals surface area (Å²) in [5.41, 5.74) is 0.711. The summed E-state index contributed by atoms with van der Waals surface area (Å²) in [6, 6.07) is 9.85. The first-order valence-corrected chi connectivity index (χ1v) is 8.33. The molecule has 1 heterocycles. The van der Waals surface area contributed by atoms with E-state index in [-0.39, 0.29) is 11.9 Å². The van der Waals surface area contributed by atoms with Crippen molar-refractivity contribution >= 4 is 27.3 Å². The average molecular weight is 356 g/mol. The van der Waals surface area contributed by atoms with Gasteiger partial charge in [-0.15, -0.1) is 11.3 Å². The lowest BCUT2D eigenvalue weighted by Gasteiger charge is -2.20. The van der Waals surface area contributed by atoms with Gasteiger partial charge in [0.05, 0.1) is 0 Å². The van der Waals surface area contributed by atoms with Crippen molar-refractivity contribution in [1.29, 1.82) is 0 Å². The molecule has 2 rings (SSSR count). The summed E-state index contributed by atoms with van der Waals surface area (Å²) in [4.78, 5) is 2.70. The lowest BCUT2D eigenvalue weighted by Crippen LogP contribution is -2.30. The molecule has 0 amide bonds. The molecule has 1 aromatic heterocycles. The molecule has 0 saturated heterocycles. The van der Waals surface area contributed by atoms with Crippen molar-refractivity contribution in [3.63, 3.8) is 0 Å². The van der Waals surface area contributed by atoms with Crippen LogP contribution in [0, 0.1) is 12.7 Å². The van der Waals surface area contributed by atoms with E-state index < -0.39 is 0 Å². The fourth-order valence-corrected chi connectivity index (χ4v) is 3.68. The molecule has 108 valence electrons. The van der Waals surface area contributed by atoms with Crippen molar-refractivity contribution in [1.82, 2.24) is 5.32 Å². The summed E-state index contributed by atoms with van der Waals surface area (Å²) in [6.45, 7) is 6.26. The lowest BCUT2D eigenvalue weighted by atomic mass is 10.1. The minimum Gasteiger partial charge on any atom is -0.307 e. The number of halogens is 2. The molecule has 0 spiro atoms. The van der Waals surface area contributed by atoms with Crippen molar-refractivity contribution in [2.24, 2.45) is 0 Å². The highest BCUT2D eigenvalue weighted by Gasteiger charge is 2.14. The normalized spacial score (nSPS) is 14.2. The first-order valence-electron chi connectivity index (χ1n) is 6.72. The molecule has 4 heteroatoms. The molecule has 2 atom stereocenters. The predicted molar refractivity (Wildman–Crippen MR) is 87.9 cm³/mol. The molecular formula is C16H19BrFNS. The summed E-state index contributed by atoms with van der Waals surface area (Å²) < 4.78 is 14.7. The minimum absolute atomic E-state index is 0.000779. The van der Waals surface area contributed by atoms with E-state index in [9.17, 15) is 4.39 Å². The quantitative estimate of drug-likeness (QED) is 0.773. The van der Waals surface area contributed by atoms with Gasteiger partial charge in [0.2, 0.25) is 0 Å². The zero-order valence-electron chi connectivity index (χ0n) is 11.9. The maximum Gasteiger partial charge on any atom is 0.129 e. The first kappa shape index (κ1) is 15.7. The number of benzene rings is 1. The van der Waals surface area contributed by atoms with E-state index in [1.54, 1.807) is 0 Å². The predicted octanol–water partition coefficient (Wildman–Crippen LogP) is 5.24. The van der Waals surface area contributed by atoms with Crippen LogP contribution in [0.4, 0.5) is 4.39 Å². The highest BCUT2D eigenvalue weighted by molar-refractivity contribution is 9.10. The van der Waals surface area contributed by atoms with Gasteiger partial charge < -0.3 is 5.32 Å². The summed E-state index contributed by atoms with van der Waals surface area (Å²) in [7, 11) is 0. The van der Waals surface area contributed by atoms with Gasteiger partial charge in [-0.05, 0) is 51.5 Å². The van der Waals surface area contributed by atoms with Crippen LogP contribution in [0.2, 0.25) is 0 Å². The number of aryl methyl sites for hydroxylation is 1. The Morgan fingerprint density at radius 1 is 1.25 bits per heavy atom. The summed E-state index contributed by atoms with van der Waals surface area (Å²) >= 11 is 5.11. The topological polar surface area (TPSA) is 12.0 Å². The zero-order chi connectivity index (χ0) is 14.7. The monoisotopic (exact) mass is 355 g/mol. The standard InChI is InChI=1S/C16H19BrFNS/c1-10(8-14-6-4-11(2)20-14)19-12(3)15-7-5-13(17)9-16(15)18/h4-7,9-10,12,19H,8H2,1-3H3. The Bertz CT molecular complexity index is 582. The molecule has 0 bridgehead atoms. The van der Waals surface area contributed by atoms with E-state index in [0.717, 1.165) is 10.9 Å². The van der Waals surface area contributed by atoms with E-state index in [0.29, 0.717) is 11.6 Å². The summed E-state index contributed by atoms with van der Waals surface area (Å²) in [5.74, 6) is -0.168. The number of rotatable bonds is 5. The molecule has 0 fully saturated rings. The maximum absolute atomic E-state index is 13.9. The van der Waals surface area contributed by atoms with E-state index in [4.69, 9.17) is 0 Å². The summed E-state index contributed by atoms with van der Waals surface area (Å²) in [6.07, 6.45) is 0.973. The maximum atomic E-state index is 13.9. The molecule has 1 aromatic carbocycles. The van der Waals surface area contributed by atoms with Gasteiger partial charge in [-0.25, -0.2) is 4.39 Å².